The van der Waals surface area contributed by atoms with Crippen LogP contribution >= 0.6 is 22.6 Å². The highest BCUT2D eigenvalue weighted by molar-refractivity contribution is 14.1. The van der Waals surface area contributed by atoms with Crippen molar-refractivity contribution in [3.63, 3.8) is 0 Å². The summed E-state index contributed by atoms with van der Waals surface area (Å²) in [6.45, 7) is 4.40. The second-order valence-corrected chi connectivity index (χ2v) is 6.37. The Morgan fingerprint density at radius 1 is 1.25 bits per heavy atom. The van der Waals surface area contributed by atoms with E-state index in [-0.39, 0.29) is 6.04 Å². The molecule has 0 aliphatic heterocycles. The molecule has 4 heteroatoms. The molecule has 1 atom stereocenters. The standard InChI is InChI=1S/C16H22IN3/c1-3-15(4-2)20-9-8-14(19-20)11-16(18)12-6-5-7-13(17)10-12/h5-10,15-16H,3-4,11,18H2,1-2H3. The van der Waals surface area contributed by atoms with Crippen molar-refractivity contribution in [2.24, 2.45) is 5.73 Å². The van der Waals surface area contributed by atoms with Crippen molar-refractivity contribution in [3.05, 3.63) is 51.4 Å². The van der Waals surface area contributed by atoms with Gasteiger partial charge in [0.25, 0.3) is 0 Å². The van der Waals surface area contributed by atoms with Gasteiger partial charge in [-0.05, 0) is 59.2 Å². The van der Waals surface area contributed by atoms with Gasteiger partial charge in [-0.2, -0.15) is 5.10 Å². The number of nitrogens with zero attached hydrogens (tertiary/aromatic N) is 2. The van der Waals surface area contributed by atoms with Crippen LogP contribution in [0.2, 0.25) is 0 Å². The highest BCUT2D eigenvalue weighted by atomic mass is 127. The molecule has 1 heterocycles. The van der Waals surface area contributed by atoms with E-state index in [2.05, 4.69) is 82.7 Å². The fourth-order valence-electron chi connectivity index (χ4n) is 2.43. The molecular formula is C16H22IN3. The van der Waals surface area contributed by atoms with Crippen LogP contribution in [0, 0.1) is 3.57 Å². The van der Waals surface area contributed by atoms with Gasteiger partial charge in [0.2, 0.25) is 0 Å². The van der Waals surface area contributed by atoms with E-state index in [1.54, 1.807) is 0 Å². The van der Waals surface area contributed by atoms with E-state index in [1.807, 2.05) is 0 Å². The lowest BCUT2D eigenvalue weighted by Crippen LogP contribution is -2.14. The Balaban J connectivity index is 2.06. The molecule has 2 rings (SSSR count). The Kier molecular flexibility index (Phi) is 5.60. The van der Waals surface area contributed by atoms with Crippen molar-refractivity contribution in [2.45, 2.75) is 45.2 Å². The molecular weight excluding hydrogens is 361 g/mol. The third-order valence-corrected chi connectivity index (χ3v) is 4.36. The van der Waals surface area contributed by atoms with Crippen molar-refractivity contribution < 1.29 is 0 Å². The Labute approximate surface area is 134 Å². The molecule has 0 radical (unpaired) electrons. The van der Waals surface area contributed by atoms with Crippen LogP contribution in [0.15, 0.2) is 36.5 Å². The molecule has 0 amide bonds. The van der Waals surface area contributed by atoms with E-state index in [1.165, 1.54) is 9.13 Å². The largest absolute Gasteiger partial charge is 0.324 e. The number of hydrogen-bond acceptors (Lipinski definition) is 2. The molecule has 3 nitrogen and oxygen atoms in total. The zero-order valence-electron chi connectivity index (χ0n) is 12.1. The second-order valence-electron chi connectivity index (χ2n) is 5.12. The molecule has 1 aromatic heterocycles. The topological polar surface area (TPSA) is 43.8 Å². The predicted molar refractivity (Wildman–Crippen MR) is 91.6 cm³/mol. The Morgan fingerprint density at radius 2 is 2.00 bits per heavy atom. The second kappa shape index (κ2) is 7.22. The number of aromatic nitrogens is 2. The van der Waals surface area contributed by atoms with Gasteiger partial charge < -0.3 is 5.73 Å². The lowest BCUT2D eigenvalue weighted by Gasteiger charge is -2.13. The lowest BCUT2D eigenvalue weighted by molar-refractivity contribution is 0.424. The van der Waals surface area contributed by atoms with E-state index < -0.39 is 0 Å². The summed E-state index contributed by atoms with van der Waals surface area (Å²) in [5.41, 5.74) is 8.54. The molecule has 0 fully saturated rings. The third-order valence-electron chi connectivity index (χ3n) is 3.69. The van der Waals surface area contributed by atoms with Crippen LogP contribution in [0.25, 0.3) is 0 Å². The summed E-state index contributed by atoms with van der Waals surface area (Å²) in [6.07, 6.45) is 5.09. The van der Waals surface area contributed by atoms with E-state index in [0.29, 0.717) is 6.04 Å². The molecule has 0 saturated heterocycles. The highest BCUT2D eigenvalue weighted by Crippen LogP contribution is 2.19. The fourth-order valence-corrected chi connectivity index (χ4v) is 3.00. The first-order chi connectivity index (χ1) is 9.63. The maximum atomic E-state index is 6.29. The van der Waals surface area contributed by atoms with Gasteiger partial charge >= 0.3 is 0 Å². The normalized spacial score (nSPS) is 12.8. The maximum absolute atomic E-state index is 6.29. The van der Waals surface area contributed by atoms with Crippen LogP contribution in [0.1, 0.15) is 50.0 Å². The molecule has 0 bridgehead atoms. The van der Waals surface area contributed by atoms with Gasteiger partial charge in [0.15, 0.2) is 0 Å². The summed E-state index contributed by atoms with van der Waals surface area (Å²) in [5.74, 6) is 0. The quantitative estimate of drug-likeness (QED) is 0.764. The highest BCUT2D eigenvalue weighted by Gasteiger charge is 2.12. The lowest BCUT2D eigenvalue weighted by atomic mass is 10.0. The molecule has 20 heavy (non-hydrogen) atoms. The first-order valence-corrected chi connectivity index (χ1v) is 8.27. The maximum Gasteiger partial charge on any atom is 0.0643 e. The summed E-state index contributed by atoms with van der Waals surface area (Å²) in [5, 5.41) is 4.67. The third kappa shape index (κ3) is 3.82. The van der Waals surface area contributed by atoms with Crippen molar-refractivity contribution in [1.29, 1.82) is 0 Å². The van der Waals surface area contributed by atoms with Gasteiger partial charge in [-0.25, -0.2) is 0 Å². The SMILES string of the molecule is CCC(CC)n1ccc(CC(N)c2cccc(I)c2)n1. The minimum absolute atomic E-state index is 0.00905. The summed E-state index contributed by atoms with van der Waals surface area (Å²) >= 11 is 2.32. The molecule has 1 unspecified atom stereocenters. The van der Waals surface area contributed by atoms with Gasteiger partial charge in [-0.1, -0.05) is 26.0 Å². The van der Waals surface area contributed by atoms with Gasteiger partial charge in [-0.3, -0.25) is 4.68 Å². The van der Waals surface area contributed by atoms with Gasteiger partial charge in [-0.15, -0.1) is 0 Å². The molecule has 0 saturated carbocycles. The fraction of sp³-hybridized carbons (Fsp3) is 0.438. The molecule has 2 N–H and O–H groups in total. The predicted octanol–water partition coefficient (Wildman–Crippen LogP) is 4.09. The molecule has 108 valence electrons. The van der Waals surface area contributed by atoms with E-state index in [9.17, 15) is 0 Å². The first kappa shape index (κ1) is 15.5. The smallest absolute Gasteiger partial charge is 0.0643 e. The monoisotopic (exact) mass is 383 g/mol. The minimum Gasteiger partial charge on any atom is -0.324 e. The molecule has 0 aliphatic carbocycles. The zero-order valence-corrected chi connectivity index (χ0v) is 14.2. The average molecular weight is 383 g/mol. The summed E-state index contributed by atoms with van der Waals surface area (Å²) in [6, 6.07) is 11.0. The van der Waals surface area contributed by atoms with E-state index in [0.717, 1.165) is 25.0 Å². The number of nitrogens with two attached hydrogens (primary N) is 1. The van der Waals surface area contributed by atoms with E-state index >= 15 is 0 Å². The summed E-state index contributed by atoms with van der Waals surface area (Å²) in [7, 11) is 0. The van der Waals surface area contributed by atoms with Crippen LogP contribution in [0.5, 0.6) is 0 Å². The van der Waals surface area contributed by atoms with Crippen LogP contribution < -0.4 is 5.73 Å². The Hall–Kier alpha value is -0.880. The molecule has 2 aromatic rings. The molecule has 0 spiro atoms. The minimum atomic E-state index is 0.00905. The van der Waals surface area contributed by atoms with Crippen molar-refractivity contribution >= 4 is 22.6 Å². The van der Waals surface area contributed by atoms with Crippen molar-refractivity contribution in [3.8, 4) is 0 Å². The van der Waals surface area contributed by atoms with Crippen LogP contribution in [-0.4, -0.2) is 9.78 Å². The summed E-state index contributed by atoms with van der Waals surface area (Å²) in [4.78, 5) is 0. The van der Waals surface area contributed by atoms with Gasteiger partial charge in [0.1, 0.15) is 0 Å². The van der Waals surface area contributed by atoms with Gasteiger partial charge in [0, 0.05) is 22.2 Å². The van der Waals surface area contributed by atoms with Crippen molar-refractivity contribution in [2.75, 3.05) is 0 Å². The molecule has 1 aromatic carbocycles. The number of hydrogen-bond donors (Lipinski definition) is 1. The Morgan fingerprint density at radius 3 is 2.65 bits per heavy atom. The van der Waals surface area contributed by atoms with Crippen molar-refractivity contribution in [1.82, 2.24) is 9.78 Å². The number of rotatable bonds is 6. The average Bonchev–Trinajstić information content (AvgIpc) is 2.88. The number of benzene rings is 1. The van der Waals surface area contributed by atoms with Crippen LogP contribution in [0.3, 0.4) is 0 Å². The summed E-state index contributed by atoms with van der Waals surface area (Å²) < 4.78 is 3.30. The molecule has 0 aliphatic rings. The zero-order chi connectivity index (χ0) is 14.5. The Bertz CT molecular complexity index is 546. The van der Waals surface area contributed by atoms with E-state index in [4.69, 9.17) is 5.73 Å². The van der Waals surface area contributed by atoms with Crippen LogP contribution in [-0.2, 0) is 6.42 Å². The van der Waals surface area contributed by atoms with Crippen LogP contribution in [0.4, 0.5) is 0 Å². The van der Waals surface area contributed by atoms with Gasteiger partial charge in [0.05, 0.1) is 11.7 Å². The number of halogens is 1. The first-order valence-electron chi connectivity index (χ1n) is 7.19.